The molecule has 0 spiro atoms. The largest absolute Gasteiger partial charge is 0.465 e. The molecule has 23 heavy (non-hydrogen) atoms. The molecule has 0 amide bonds. The van der Waals surface area contributed by atoms with Crippen LogP contribution in [0, 0.1) is 6.92 Å². The van der Waals surface area contributed by atoms with Crippen molar-refractivity contribution in [2.24, 2.45) is 0 Å². The zero-order valence-electron chi connectivity index (χ0n) is 13.6. The Labute approximate surface area is 144 Å². The summed E-state index contributed by atoms with van der Waals surface area (Å²) in [5, 5.41) is 1.16. The molecule has 1 aliphatic heterocycles. The second-order valence-corrected chi connectivity index (χ2v) is 7.13. The SMILES string of the molecule is CCC1CCCCN1c1nc(Cl)nc2sc(C(=O)OC)c(C)c12. The van der Waals surface area contributed by atoms with Gasteiger partial charge >= 0.3 is 5.97 Å². The van der Waals surface area contributed by atoms with Crippen molar-refractivity contribution in [2.75, 3.05) is 18.6 Å². The summed E-state index contributed by atoms with van der Waals surface area (Å²) in [4.78, 5) is 24.5. The molecule has 1 fully saturated rings. The summed E-state index contributed by atoms with van der Waals surface area (Å²) < 4.78 is 4.88. The van der Waals surface area contributed by atoms with Crippen molar-refractivity contribution in [3.8, 4) is 0 Å². The van der Waals surface area contributed by atoms with Gasteiger partial charge in [0.15, 0.2) is 0 Å². The molecule has 2 aromatic heterocycles. The fourth-order valence-corrected chi connectivity index (χ4v) is 4.60. The molecule has 1 aliphatic rings. The van der Waals surface area contributed by atoms with Gasteiger partial charge in [0, 0.05) is 12.6 Å². The number of aromatic nitrogens is 2. The molecule has 2 aromatic rings. The van der Waals surface area contributed by atoms with Crippen molar-refractivity contribution < 1.29 is 9.53 Å². The number of carbonyl (C=O) groups excluding carboxylic acids is 1. The number of anilines is 1. The van der Waals surface area contributed by atoms with Crippen molar-refractivity contribution >= 4 is 44.9 Å². The second kappa shape index (κ2) is 6.61. The molecule has 124 valence electrons. The van der Waals surface area contributed by atoms with Gasteiger partial charge in [-0.1, -0.05) is 6.92 Å². The van der Waals surface area contributed by atoms with Crippen LogP contribution in [0.4, 0.5) is 5.82 Å². The first-order valence-electron chi connectivity index (χ1n) is 7.88. The number of nitrogens with zero attached hydrogens (tertiary/aromatic N) is 3. The third-order valence-electron chi connectivity index (χ3n) is 4.48. The number of thiophene rings is 1. The van der Waals surface area contributed by atoms with E-state index in [1.807, 2.05) is 6.92 Å². The van der Waals surface area contributed by atoms with Crippen LogP contribution in [0.15, 0.2) is 0 Å². The normalized spacial score (nSPS) is 18.4. The lowest BCUT2D eigenvalue weighted by atomic mass is 9.99. The lowest BCUT2D eigenvalue weighted by Gasteiger charge is -2.36. The van der Waals surface area contributed by atoms with E-state index in [9.17, 15) is 4.79 Å². The molecule has 0 aromatic carbocycles. The number of ether oxygens (including phenoxy) is 1. The van der Waals surface area contributed by atoms with Gasteiger partial charge in [0.1, 0.15) is 15.5 Å². The topological polar surface area (TPSA) is 55.3 Å². The van der Waals surface area contributed by atoms with Crippen LogP contribution >= 0.6 is 22.9 Å². The summed E-state index contributed by atoms with van der Waals surface area (Å²) >= 11 is 7.47. The van der Waals surface area contributed by atoms with Crippen molar-refractivity contribution in [3.05, 3.63) is 15.7 Å². The number of aryl methyl sites for hydroxylation is 1. The average molecular weight is 354 g/mol. The highest BCUT2D eigenvalue weighted by atomic mass is 35.5. The van der Waals surface area contributed by atoms with E-state index < -0.39 is 0 Å². The molecule has 0 N–H and O–H groups in total. The summed E-state index contributed by atoms with van der Waals surface area (Å²) in [6.45, 7) is 5.09. The molecule has 1 unspecified atom stereocenters. The minimum absolute atomic E-state index is 0.227. The molecule has 0 radical (unpaired) electrons. The lowest BCUT2D eigenvalue weighted by molar-refractivity contribution is 0.0605. The van der Waals surface area contributed by atoms with E-state index >= 15 is 0 Å². The van der Waals surface area contributed by atoms with E-state index in [1.165, 1.54) is 24.9 Å². The van der Waals surface area contributed by atoms with Crippen molar-refractivity contribution in [1.82, 2.24) is 9.97 Å². The van der Waals surface area contributed by atoms with Crippen LogP contribution in [-0.2, 0) is 4.74 Å². The standard InChI is InChI=1S/C16H20ClN3O2S/c1-4-10-7-5-6-8-20(10)13-11-9(2)12(15(21)22-3)23-14(11)19-16(17)18-13/h10H,4-8H2,1-3H3. The fourth-order valence-electron chi connectivity index (χ4n) is 3.29. The monoisotopic (exact) mass is 353 g/mol. The second-order valence-electron chi connectivity index (χ2n) is 5.80. The van der Waals surface area contributed by atoms with Gasteiger partial charge in [-0.25, -0.2) is 9.78 Å². The molecule has 5 nitrogen and oxygen atoms in total. The van der Waals surface area contributed by atoms with Gasteiger partial charge < -0.3 is 9.64 Å². The first-order valence-corrected chi connectivity index (χ1v) is 9.07. The number of hydrogen-bond acceptors (Lipinski definition) is 6. The Morgan fingerprint density at radius 1 is 1.43 bits per heavy atom. The lowest BCUT2D eigenvalue weighted by Crippen LogP contribution is -2.39. The quantitative estimate of drug-likeness (QED) is 0.611. The predicted octanol–water partition coefficient (Wildman–Crippen LogP) is 4.21. The molecule has 0 saturated carbocycles. The van der Waals surface area contributed by atoms with Crippen LogP contribution in [0.25, 0.3) is 10.2 Å². The van der Waals surface area contributed by atoms with E-state index in [-0.39, 0.29) is 11.3 Å². The van der Waals surface area contributed by atoms with Crippen LogP contribution in [0.2, 0.25) is 5.28 Å². The molecular weight excluding hydrogens is 334 g/mol. The number of carbonyl (C=O) groups is 1. The Balaban J connectivity index is 2.19. The molecule has 3 rings (SSSR count). The summed E-state index contributed by atoms with van der Waals surface area (Å²) in [5.74, 6) is 0.522. The Bertz CT molecular complexity index is 746. The molecule has 7 heteroatoms. The van der Waals surface area contributed by atoms with Crippen LogP contribution in [0.3, 0.4) is 0 Å². The van der Waals surface area contributed by atoms with Crippen LogP contribution in [0.5, 0.6) is 0 Å². The Morgan fingerprint density at radius 2 is 2.22 bits per heavy atom. The minimum atomic E-state index is -0.335. The summed E-state index contributed by atoms with van der Waals surface area (Å²) in [5.41, 5.74) is 0.879. The maximum absolute atomic E-state index is 12.0. The van der Waals surface area contributed by atoms with E-state index in [1.54, 1.807) is 0 Å². The molecule has 0 bridgehead atoms. The summed E-state index contributed by atoms with van der Waals surface area (Å²) in [6.07, 6.45) is 4.61. The van der Waals surface area contributed by atoms with Gasteiger partial charge in [0.2, 0.25) is 5.28 Å². The maximum Gasteiger partial charge on any atom is 0.348 e. The number of halogens is 1. The van der Waals surface area contributed by atoms with Crippen molar-refractivity contribution in [3.63, 3.8) is 0 Å². The highest BCUT2D eigenvalue weighted by molar-refractivity contribution is 7.20. The van der Waals surface area contributed by atoms with E-state index in [0.29, 0.717) is 10.9 Å². The van der Waals surface area contributed by atoms with Gasteiger partial charge in [0.25, 0.3) is 0 Å². The molecule has 1 atom stereocenters. The molecular formula is C16H20ClN3O2S. The number of fused-ring (bicyclic) bond motifs is 1. The number of hydrogen-bond donors (Lipinski definition) is 0. The number of piperidine rings is 1. The molecule has 0 aliphatic carbocycles. The van der Waals surface area contributed by atoms with Gasteiger partial charge in [0.05, 0.1) is 12.5 Å². The van der Waals surface area contributed by atoms with Crippen molar-refractivity contribution in [1.29, 1.82) is 0 Å². The van der Waals surface area contributed by atoms with E-state index in [2.05, 4.69) is 21.8 Å². The third-order valence-corrected chi connectivity index (χ3v) is 5.82. The number of rotatable bonds is 3. The van der Waals surface area contributed by atoms with Gasteiger partial charge in [-0.3, -0.25) is 0 Å². The van der Waals surface area contributed by atoms with Crippen LogP contribution < -0.4 is 4.90 Å². The van der Waals surface area contributed by atoms with Crippen LogP contribution in [0.1, 0.15) is 47.8 Å². The fraction of sp³-hybridized carbons (Fsp3) is 0.562. The summed E-state index contributed by atoms with van der Waals surface area (Å²) in [6, 6.07) is 0.457. The third kappa shape index (κ3) is 2.90. The van der Waals surface area contributed by atoms with E-state index in [4.69, 9.17) is 16.3 Å². The minimum Gasteiger partial charge on any atom is -0.465 e. The van der Waals surface area contributed by atoms with Gasteiger partial charge in [-0.15, -0.1) is 11.3 Å². The first kappa shape index (κ1) is 16.5. The number of esters is 1. The summed E-state index contributed by atoms with van der Waals surface area (Å²) in [7, 11) is 1.39. The highest BCUT2D eigenvalue weighted by Gasteiger charge is 2.28. The molecule has 3 heterocycles. The average Bonchev–Trinajstić information content (AvgIpc) is 2.90. The first-order chi connectivity index (χ1) is 11.1. The Morgan fingerprint density at radius 3 is 2.91 bits per heavy atom. The predicted molar refractivity (Wildman–Crippen MR) is 93.8 cm³/mol. The van der Waals surface area contributed by atoms with Gasteiger partial charge in [-0.2, -0.15) is 4.98 Å². The Kier molecular flexibility index (Phi) is 4.73. The Hall–Kier alpha value is -1.40. The molecule has 1 saturated heterocycles. The smallest absolute Gasteiger partial charge is 0.348 e. The highest BCUT2D eigenvalue weighted by Crippen LogP contribution is 2.38. The van der Waals surface area contributed by atoms with Gasteiger partial charge in [-0.05, 0) is 49.8 Å². The van der Waals surface area contributed by atoms with E-state index in [0.717, 1.165) is 47.4 Å². The number of methoxy groups -OCH3 is 1. The maximum atomic E-state index is 12.0. The van der Waals surface area contributed by atoms with Crippen molar-refractivity contribution in [2.45, 2.75) is 45.6 Å². The zero-order chi connectivity index (χ0) is 16.6. The van der Waals surface area contributed by atoms with Crippen LogP contribution in [-0.4, -0.2) is 35.6 Å². The zero-order valence-corrected chi connectivity index (χ0v) is 15.1.